The van der Waals surface area contributed by atoms with Gasteiger partial charge in [0.05, 0.1) is 21.7 Å². The summed E-state index contributed by atoms with van der Waals surface area (Å²) in [5, 5.41) is 14.1. The van der Waals surface area contributed by atoms with Crippen LogP contribution in [0.3, 0.4) is 0 Å². The lowest BCUT2D eigenvalue weighted by Crippen LogP contribution is -2.08. The van der Waals surface area contributed by atoms with E-state index in [1.807, 2.05) is 19.1 Å². The number of nitro benzene ring substituents is 1. The van der Waals surface area contributed by atoms with E-state index < -0.39 is 4.92 Å². The minimum atomic E-state index is -0.414. The number of anilines is 1. The lowest BCUT2D eigenvalue weighted by Gasteiger charge is -2.16. The van der Waals surface area contributed by atoms with E-state index in [-0.39, 0.29) is 11.7 Å². The second-order valence-corrected chi connectivity index (χ2v) is 4.90. The highest BCUT2D eigenvalue weighted by atomic mass is 79.9. The highest BCUT2D eigenvalue weighted by Crippen LogP contribution is 2.30. The summed E-state index contributed by atoms with van der Waals surface area (Å²) in [5.74, 6) is 0.813. The van der Waals surface area contributed by atoms with Crippen LogP contribution in [0.15, 0.2) is 45.5 Å². The first-order chi connectivity index (χ1) is 9.11. The Kier molecular flexibility index (Phi) is 4.21. The van der Waals surface area contributed by atoms with Gasteiger partial charge in [0.15, 0.2) is 0 Å². The number of nitrogens with zero attached hydrogens (tertiary/aromatic N) is 1. The first-order valence-corrected chi connectivity index (χ1v) is 6.65. The number of halogens is 1. The van der Waals surface area contributed by atoms with Crippen LogP contribution in [0.5, 0.6) is 0 Å². The topological polar surface area (TPSA) is 68.3 Å². The largest absolute Gasteiger partial charge is 0.467 e. The predicted molar refractivity (Wildman–Crippen MR) is 76.2 cm³/mol. The zero-order valence-corrected chi connectivity index (χ0v) is 11.9. The zero-order valence-electron chi connectivity index (χ0n) is 10.3. The van der Waals surface area contributed by atoms with E-state index in [0.717, 1.165) is 12.2 Å². The zero-order chi connectivity index (χ0) is 13.8. The van der Waals surface area contributed by atoms with Gasteiger partial charge in [-0.15, -0.1) is 0 Å². The number of hydrogen-bond donors (Lipinski definition) is 1. The van der Waals surface area contributed by atoms with E-state index in [9.17, 15) is 10.1 Å². The van der Waals surface area contributed by atoms with Crippen LogP contribution in [0.2, 0.25) is 0 Å². The Morgan fingerprint density at radius 2 is 2.26 bits per heavy atom. The highest BCUT2D eigenvalue weighted by Gasteiger charge is 2.16. The third kappa shape index (κ3) is 3.14. The normalized spacial score (nSPS) is 12.1. The summed E-state index contributed by atoms with van der Waals surface area (Å²) in [5.41, 5.74) is 0.734. The number of furan rings is 1. The van der Waals surface area contributed by atoms with Gasteiger partial charge in [-0.25, -0.2) is 0 Å². The molecule has 0 bridgehead atoms. The van der Waals surface area contributed by atoms with E-state index in [1.54, 1.807) is 18.4 Å². The maximum Gasteiger partial charge on any atom is 0.285 e. The van der Waals surface area contributed by atoms with Gasteiger partial charge in [-0.2, -0.15) is 0 Å². The molecule has 0 amide bonds. The highest BCUT2D eigenvalue weighted by molar-refractivity contribution is 9.10. The second-order valence-electron chi connectivity index (χ2n) is 4.04. The summed E-state index contributed by atoms with van der Waals surface area (Å²) in [6, 6.07) is 8.67. The Labute approximate surface area is 118 Å². The fourth-order valence-electron chi connectivity index (χ4n) is 1.81. The molecule has 6 heteroatoms. The van der Waals surface area contributed by atoms with Crippen molar-refractivity contribution in [1.82, 2.24) is 0 Å². The lowest BCUT2D eigenvalue weighted by atomic mass is 10.1. The van der Waals surface area contributed by atoms with Crippen molar-refractivity contribution >= 4 is 27.3 Å². The molecule has 0 aliphatic carbocycles. The van der Waals surface area contributed by atoms with Crippen LogP contribution < -0.4 is 5.32 Å². The summed E-state index contributed by atoms with van der Waals surface area (Å²) in [6.45, 7) is 2.02. The molecule has 1 heterocycles. The third-order valence-corrected chi connectivity index (χ3v) is 3.45. The van der Waals surface area contributed by atoms with Crippen LogP contribution in [-0.2, 0) is 0 Å². The van der Waals surface area contributed by atoms with E-state index in [4.69, 9.17) is 4.42 Å². The van der Waals surface area contributed by atoms with E-state index in [0.29, 0.717) is 10.2 Å². The van der Waals surface area contributed by atoms with Crippen molar-refractivity contribution in [2.75, 3.05) is 5.32 Å². The lowest BCUT2D eigenvalue weighted by molar-refractivity contribution is -0.385. The van der Waals surface area contributed by atoms with E-state index in [2.05, 4.69) is 21.2 Å². The maximum absolute atomic E-state index is 10.9. The predicted octanol–water partition coefficient (Wildman–Crippen LogP) is 4.51. The van der Waals surface area contributed by atoms with E-state index >= 15 is 0 Å². The van der Waals surface area contributed by atoms with Gasteiger partial charge in [0, 0.05) is 11.8 Å². The molecule has 5 nitrogen and oxygen atoms in total. The summed E-state index contributed by atoms with van der Waals surface area (Å²) in [4.78, 5) is 10.5. The molecule has 19 heavy (non-hydrogen) atoms. The van der Waals surface area contributed by atoms with Crippen LogP contribution in [-0.4, -0.2) is 4.92 Å². The quantitative estimate of drug-likeness (QED) is 0.648. The van der Waals surface area contributed by atoms with E-state index in [1.165, 1.54) is 6.07 Å². The fourth-order valence-corrected chi connectivity index (χ4v) is 2.20. The Hall–Kier alpha value is -1.82. The van der Waals surface area contributed by atoms with Crippen molar-refractivity contribution in [3.63, 3.8) is 0 Å². The smallest absolute Gasteiger partial charge is 0.285 e. The first-order valence-electron chi connectivity index (χ1n) is 5.85. The molecule has 100 valence electrons. The van der Waals surface area contributed by atoms with Gasteiger partial charge in [-0.05, 0) is 46.6 Å². The van der Waals surface area contributed by atoms with Crippen molar-refractivity contribution in [1.29, 1.82) is 0 Å². The standard InChI is InChI=1S/C13H13BrN2O3/c1-2-11(13-4-3-7-19-13)15-9-5-6-10(14)12(8-9)16(17)18/h3-8,11,15H,2H2,1H3. The van der Waals surface area contributed by atoms with Gasteiger partial charge in [0.1, 0.15) is 5.76 Å². The summed E-state index contributed by atoms with van der Waals surface area (Å²) >= 11 is 3.17. The monoisotopic (exact) mass is 324 g/mol. The number of hydrogen-bond acceptors (Lipinski definition) is 4. The Balaban J connectivity index is 2.23. The van der Waals surface area contributed by atoms with Gasteiger partial charge in [-0.1, -0.05) is 6.92 Å². The Bertz CT molecular complexity index is 569. The number of benzene rings is 1. The average Bonchev–Trinajstić information content (AvgIpc) is 2.91. The van der Waals surface area contributed by atoms with Crippen molar-refractivity contribution in [2.45, 2.75) is 19.4 Å². The van der Waals surface area contributed by atoms with Gasteiger partial charge in [0.25, 0.3) is 5.69 Å². The SMILES string of the molecule is CCC(Nc1ccc(Br)c([N+](=O)[O-])c1)c1ccco1. The minimum Gasteiger partial charge on any atom is -0.467 e. The Morgan fingerprint density at radius 1 is 1.47 bits per heavy atom. The second kappa shape index (κ2) is 5.88. The number of rotatable bonds is 5. The average molecular weight is 325 g/mol. The van der Waals surface area contributed by atoms with Crippen LogP contribution in [0.25, 0.3) is 0 Å². The first kappa shape index (κ1) is 13.6. The molecule has 1 N–H and O–H groups in total. The molecule has 0 radical (unpaired) electrons. The van der Waals surface area contributed by atoms with Gasteiger partial charge in [0.2, 0.25) is 0 Å². The molecule has 2 rings (SSSR count). The molecular weight excluding hydrogens is 312 g/mol. The molecule has 1 unspecified atom stereocenters. The molecule has 0 fully saturated rings. The fraction of sp³-hybridized carbons (Fsp3) is 0.231. The van der Waals surface area contributed by atoms with Crippen molar-refractivity contribution in [3.8, 4) is 0 Å². The van der Waals surface area contributed by atoms with Crippen LogP contribution in [0.4, 0.5) is 11.4 Å². The van der Waals surface area contributed by atoms with Gasteiger partial charge < -0.3 is 9.73 Å². The maximum atomic E-state index is 10.9. The van der Waals surface area contributed by atoms with Crippen molar-refractivity contribution in [2.24, 2.45) is 0 Å². The molecular formula is C13H13BrN2O3. The van der Waals surface area contributed by atoms with Crippen LogP contribution >= 0.6 is 15.9 Å². The summed E-state index contributed by atoms with van der Waals surface area (Å²) in [6.07, 6.45) is 2.43. The molecule has 2 aromatic rings. The third-order valence-electron chi connectivity index (χ3n) is 2.78. The van der Waals surface area contributed by atoms with Crippen LogP contribution in [0.1, 0.15) is 25.1 Å². The molecule has 0 aliphatic heterocycles. The molecule has 0 saturated carbocycles. The van der Waals surface area contributed by atoms with Gasteiger partial charge in [-0.3, -0.25) is 10.1 Å². The van der Waals surface area contributed by atoms with Crippen LogP contribution in [0, 0.1) is 10.1 Å². The molecule has 0 saturated heterocycles. The molecule has 1 atom stereocenters. The summed E-state index contributed by atoms with van der Waals surface area (Å²) < 4.78 is 5.82. The minimum absolute atomic E-state index is 0.00391. The van der Waals surface area contributed by atoms with Gasteiger partial charge >= 0.3 is 0 Å². The molecule has 0 spiro atoms. The van der Waals surface area contributed by atoms with Crippen molar-refractivity contribution in [3.05, 3.63) is 56.9 Å². The number of nitrogens with one attached hydrogen (secondary N) is 1. The van der Waals surface area contributed by atoms with Crippen molar-refractivity contribution < 1.29 is 9.34 Å². The molecule has 0 aliphatic rings. The molecule has 1 aromatic heterocycles. The summed E-state index contributed by atoms with van der Waals surface area (Å²) in [7, 11) is 0. The Morgan fingerprint density at radius 3 is 2.84 bits per heavy atom. The number of nitro groups is 1. The molecule has 1 aromatic carbocycles.